The molecule has 0 bridgehead atoms. The number of benzene rings is 2. The van der Waals surface area contributed by atoms with Crippen LogP contribution in [-0.4, -0.2) is 18.6 Å². The Morgan fingerprint density at radius 2 is 1.71 bits per heavy atom. The summed E-state index contributed by atoms with van der Waals surface area (Å²) in [4.78, 5) is 0. The van der Waals surface area contributed by atoms with Crippen molar-refractivity contribution in [1.82, 2.24) is 4.65 Å². The molecule has 0 spiro atoms. The van der Waals surface area contributed by atoms with Crippen molar-refractivity contribution in [2.75, 3.05) is 18.4 Å². The van der Waals surface area contributed by atoms with Crippen LogP contribution >= 0.6 is 11.6 Å². The highest BCUT2D eigenvalue weighted by Gasteiger charge is 2.54. The van der Waals surface area contributed by atoms with E-state index in [4.69, 9.17) is 17.3 Å². The number of halogens is 1. The fraction of sp³-hybridized carbons (Fsp3) is 0.368. The number of hydrogen-bond acceptors (Lipinski definition) is 3. The van der Waals surface area contributed by atoms with Crippen LogP contribution in [0.5, 0.6) is 0 Å². The highest BCUT2D eigenvalue weighted by Crippen LogP contribution is 2.41. The molecule has 1 saturated heterocycles. The lowest BCUT2D eigenvalue weighted by atomic mass is 9.78. The van der Waals surface area contributed by atoms with E-state index in [-0.39, 0.29) is 10.2 Å². The number of nitrogens with zero attached hydrogens (tertiary/aromatic N) is 1. The van der Waals surface area contributed by atoms with Gasteiger partial charge in [-0.3, -0.25) is 0 Å². The van der Waals surface area contributed by atoms with Gasteiger partial charge in [0.15, 0.2) is 0 Å². The molecule has 1 fully saturated rings. The minimum atomic E-state index is -0.302. The molecule has 2 aromatic carbocycles. The highest BCUT2D eigenvalue weighted by atomic mass is 35.5. The van der Waals surface area contributed by atoms with E-state index in [0.29, 0.717) is 30.6 Å². The molecule has 3 rings (SSSR count). The summed E-state index contributed by atoms with van der Waals surface area (Å²) in [5.41, 5.74) is 8.26. The quantitative estimate of drug-likeness (QED) is 0.632. The Labute approximate surface area is 148 Å². The molecule has 1 heterocycles. The van der Waals surface area contributed by atoms with Crippen LogP contribution in [0.15, 0.2) is 48.5 Å². The second-order valence-electron chi connectivity index (χ2n) is 7.02. The Bertz CT molecular complexity index is 692. The van der Waals surface area contributed by atoms with Gasteiger partial charge in [0.05, 0.1) is 0 Å². The summed E-state index contributed by atoms with van der Waals surface area (Å²) in [6.45, 7) is 5.82. The third-order valence-corrected chi connectivity index (χ3v) is 5.31. The lowest BCUT2D eigenvalue weighted by Gasteiger charge is -2.61. The molecule has 1 aliphatic heterocycles. The highest BCUT2D eigenvalue weighted by molar-refractivity contribution is 6.30. The van der Waals surface area contributed by atoms with Crippen LogP contribution in [0.3, 0.4) is 0 Å². The van der Waals surface area contributed by atoms with Crippen LogP contribution in [0.4, 0.5) is 11.4 Å². The maximum Gasteiger partial charge on any atom is 0.140 e. The van der Waals surface area contributed by atoms with Crippen molar-refractivity contribution in [2.45, 2.75) is 25.9 Å². The number of anilines is 1. The number of nitrogens with two attached hydrogens (primary N) is 1. The summed E-state index contributed by atoms with van der Waals surface area (Å²) in [6, 6.07) is 15.3. The lowest BCUT2D eigenvalue weighted by molar-refractivity contribution is 0.103. The third-order valence-electron chi connectivity index (χ3n) is 5.06. The molecular formula is C19H24ClN3O. The Balaban J connectivity index is 1.78. The van der Waals surface area contributed by atoms with Crippen molar-refractivity contribution in [3.63, 3.8) is 0 Å². The van der Waals surface area contributed by atoms with Crippen LogP contribution < -0.4 is 15.7 Å². The van der Waals surface area contributed by atoms with Gasteiger partial charge in [0.25, 0.3) is 0 Å². The van der Waals surface area contributed by atoms with Crippen molar-refractivity contribution < 1.29 is 0 Å². The number of quaternary nitrogens is 1. The van der Waals surface area contributed by atoms with Crippen LogP contribution in [0.2, 0.25) is 5.02 Å². The van der Waals surface area contributed by atoms with Crippen molar-refractivity contribution in [1.29, 1.82) is 0 Å². The van der Waals surface area contributed by atoms with Gasteiger partial charge in [-0.25, -0.2) is 0 Å². The number of nitrogens with one attached hydrogen (secondary N) is 1. The Kier molecular flexibility index (Phi) is 4.58. The predicted octanol–water partition coefficient (Wildman–Crippen LogP) is 4.12. The van der Waals surface area contributed by atoms with Crippen molar-refractivity contribution in [3.8, 4) is 0 Å². The second kappa shape index (κ2) is 6.37. The zero-order chi connectivity index (χ0) is 17.4. The van der Waals surface area contributed by atoms with Gasteiger partial charge in [0, 0.05) is 17.3 Å². The van der Waals surface area contributed by atoms with Crippen LogP contribution in [0.1, 0.15) is 19.4 Å². The molecule has 0 saturated carbocycles. The predicted molar refractivity (Wildman–Crippen MR) is 102 cm³/mol. The van der Waals surface area contributed by atoms with Gasteiger partial charge < -0.3 is 20.9 Å². The third kappa shape index (κ3) is 3.15. The monoisotopic (exact) mass is 345 g/mol. The molecule has 0 aromatic heterocycles. The van der Waals surface area contributed by atoms with E-state index in [2.05, 4.69) is 19.2 Å². The summed E-state index contributed by atoms with van der Waals surface area (Å²) >= 11 is 5.95. The number of hydrogen-bond donors (Lipinski definition) is 2. The van der Waals surface area contributed by atoms with Gasteiger partial charge >= 0.3 is 0 Å². The van der Waals surface area contributed by atoms with Gasteiger partial charge in [-0.15, -0.1) is 0 Å². The molecule has 128 valence electrons. The average molecular weight is 346 g/mol. The van der Waals surface area contributed by atoms with Crippen molar-refractivity contribution in [3.05, 3.63) is 64.3 Å². The molecule has 0 amide bonds. The second-order valence-corrected chi connectivity index (χ2v) is 7.46. The molecule has 0 unspecified atom stereocenters. The van der Waals surface area contributed by atoms with Crippen LogP contribution in [-0.2, 0) is 6.54 Å². The van der Waals surface area contributed by atoms with Crippen molar-refractivity contribution >= 4 is 23.0 Å². The first kappa shape index (κ1) is 17.2. The largest absolute Gasteiger partial charge is 0.627 e. The molecule has 1 aliphatic rings. The van der Waals surface area contributed by atoms with E-state index in [1.54, 1.807) is 0 Å². The standard InChI is InChI=1S/C19H24ClN3O/c1-14(2)19(22-17-7-5-16(20)6-8-17)12-23(24,13-19)18-9-3-15(11-21)4-10-18/h3-10,14,22H,11-13,21H2,1-2H3. The topological polar surface area (TPSA) is 61.1 Å². The molecule has 4 nitrogen and oxygen atoms in total. The molecule has 24 heavy (non-hydrogen) atoms. The zero-order valence-electron chi connectivity index (χ0n) is 14.1. The Morgan fingerprint density at radius 3 is 2.21 bits per heavy atom. The average Bonchev–Trinajstić information content (AvgIpc) is 2.55. The minimum Gasteiger partial charge on any atom is -0.627 e. The van der Waals surface area contributed by atoms with Crippen LogP contribution in [0.25, 0.3) is 0 Å². The summed E-state index contributed by atoms with van der Waals surface area (Å²) in [5.74, 6) is 0.344. The maximum absolute atomic E-state index is 13.2. The SMILES string of the molecule is CC(C)C1(Nc2ccc(Cl)cc2)C[N+]([O-])(c2ccc(CN)cc2)C1. The Morgan fingerprint density at radius 1 is 1.12 bits per heavy atom. The van der Waals surface area contributed by atoms with Gasteiger partial charge in [0.1, 0.15) is 24.3 Å². The lowest BCUT2D eigenvalue weighted by Crippen LogP contribution is -2.77. The van der Waals surface area contributed by atoms with Crippen molar-refractivity contribution in [2.24, 2.45) is 11.7 Å². The first-order chi connectivity index (χ1) is 11.4. The smallest absolute Gasteiger partial charge is 0.140 e. The molecule has 2 aromatic rings. The number of rotatable bonds is 5. The maximum atomic E-state index is 13.2. The minimum absolute atomic E-state index is 0.206. The fourth-order valence-corrected chi connectivity index (χ4v) is 3.49. The molecule has 5 heteroatoms. The summed E-state index contributed by atoms with van der Waals surface area (Å²) in [6.07, 6.45) is 0. The van der Waals surface area contributed by atoms with Crippen LogP contribution in [0, 0.1) is 11.1 Å². The van der Waals surface area contributed by atoms with Gasteiger partial charge in [-0.1, -0.05) is 37.6 Å². The molecule has 0 radical (unpaired) electrons. The molecular weight excluding hydrogens is 322 g/mol. The van der Waals surface area contributed by atoms with E-state index in [1.807, 2.05) is 48.5 Å². The zero-order valence-corrected chi connectivity index (χ0v) is 14.9. The van der Waals surface area contributed by atoms with Gasteiger partial charge in [0.2, 0.25) is 0 Å². The number of hydroxylamine groups is 2. The molecule has 0 aliphatic carbocycles. The molecule has 0 atom stereocenters. The van der Waals surface area contributed by atoms with Gasteiger partial charge in [-0.2, -0.15) is 0 Å². The summed E-state index contributed by atoms with van der Waals surface area (Å²) in [7, 11) is 0. The summed E-state index contributed by atoms with van der Waals surface area (Å²) < 4.78 is -0.302. The normalized spacial score (nSPS) is 26.2. The molecule has 3 N–H and O–H groups in total. The Hall–Kier alpha value is -1.59. The van der Waals surface area contributed by atoms with E-state index in [1.165, 1.54) is 0 Å². The first-order valence-corrected chi connectivity index (χ1v) is 8.66. The fourth-order valence-electron chi connectivity index (χ4n) is 3.36. The van der Waals surface area contributed by atoms with E-state index < -0.39 is 0 Å². The van der Waals surface area contributed by atoms with E-state index in [9.17, 15) is 5.21 Å². The van der Waals surface area contributed by atoms with E-state index in [0.717, 1.165) is 16.9 Å². The van der Waals surface area contributed by atoms with Gasteiger partial charge in [-0.05, 0) is 47.9 Å². The van der Waals surface area contributed by atoms with E-state index >= 15 is 0 Å². The first-order valence-electron chi connectivity index (χ1n) is 8.28. The summed E-state index contributed by atoms with van der Waals surface area (Å²) in [5, 5.41) is 17.5.